The third-order valence-corrected chi connectivity index (χ3v) is 3.72. The highest BCUT2D eigenvalue weighted by Crippen LogP contribution is 2.28. The molecule has 1 aliphatic rings. The van der Waals surface area contributed by atoms with Gasteiger partial charge in [-0.3, -0.25) is 4.79 Å². The molecule has 20 heavy (non-hydrogen) atoms. The van der Waals surface area contributed by atoms with Gasteiger partial charge in [0.2, 0.25) is 0 Å². The number of rotatable bonds is 4. The van der Waals surface area contributed by atoms with Gasteiger partial charge in [-0.2, -0.15) is 8.78 Å². The van der Waals surface area contributed by atoms with Crippen LogP contribution >= 0.6 is 0 Å². The van der Waals surface area contributed by atoms with Gasteiger partial charge in [0.1, 0.15) is 5.75 Å². The highest BCUT2D eigenvalue weighted by molar-refractivity contribution is 5.97. The van der Waals surface area contributed by atoms with E-state index in [0.717, 1.165) is 6.42 Å². The van der Waals surface area contributed by atoms with Crippen LogP contribution < -0.4 is 10.5 Å². The molecule has 2 atom stereocenters. The molecule has 2 N–H and O–H groups in total. The van der Waals surface area contributed by atoms with Gasteiger partial charge in [0, 0.05) is 19.1 Å². The zero-order valence-electron chi connectivity index (χ0n) is 11.3. The van der Waals surface area contributed by atoms with E-state index in [1.807, 2.05) is 6.92 Å². The van der Waals surface area contributed by atoms with E-state index in [9.17, 15) is 13.6 Å². The van der Waals surface area contributed by atoms with Crippen molar-refractivity contribution in [2.45, 2.75) is 26.0 Å². The van der Waals surface area contributed by atoms with Crippen molar-refractivity contribution >= 4 is 5.91 Å². The normalized spacial score (nSPS) is 22.4. The number of halogens is 2. The second kappa shape index (κ2) is 6.17. The number of ether oxygens (including phenoxy) is 1. The quantitative estimate of drug-likeness (QED) is 0.921. The number of benzene rings is 1. The molecule has 1 aliphatic heterocycles. The van der Waals surface area contributed by atoms with Crippen LogP contribution in [0.25, 0.3) is 0 Å². The first kappa shape index (κ1) is 14.7. The minimum atomic E-state index is -2.95. The lowest BCUT2D eigenvalue weighted by Crippen LogP contribution is -2.42. The number of amides is 1. The zero-order valence-corrected chi connectivity index (χ0v) is 11.3. The first-order valence-corrected chi connectivity index (χ1v) is 6.59. The molecule has 1 amide bonds. The van der Waals surface area contributed by atoms with Gasteiger partial charge in [-0.25, -0.2) is 0 Å². The predicted molar refractivity (Wildman–Crippen MR) is 70.7 cm³/mol. The molecule has 0 radical (unpaired) electrons. The van der Waals surface area contributed by atoms with Gasteiger partial charge in [-0.1, -0.05) is 19.1 Å². The topological polar surface area (TPSA) is 55.6 Å². The van der Waals surface area contributed by atoms with E-state index < -0.39 is 6.61 Å². The van der Waals surface area contributed by atoms with Crippen LogP contribution in [0.1, 0.15) is 23.7 Å². The molecule has 1 fully saturated rings. The number of para-hydroxylation sites is 1. The Morgan fingerprint density at radius 1 is 1.50 bits per heavy atom. The molecule has 0 aliphatic carbocycles. The zero-order chi connectivity index (χ0) is 14.7. The first-order chi connectivity index (χ1) is 9.54. The lowest BCUT2D eigenvalue weighted by atomic mass is 10.0. The maximum Gasteiger partial charge on any atom is 0.387 e. The summed E-state index contributed by atoms with van der Waals surface area (Å²) in [4.78, 5) is 14.2. The third-order valence-electron chi connectivity index (χ3n) is 3.72. The molecule has 0 spiro atoms. The highest BCUT2D eigenvalue weighted by atomic mass is 19.3. The number of likely N-dealkylation sites (tertiary alicyclic amines) is 1. The van der Waals surface area contributed by atoms with E-state index in [-0.39, 0.29) is 23.3 Å². The molecule has 1 aromatic rings. The predicted octanol–water partition coefficient (Wildman–Crippen LogP) is 2.10. The minimum Gasteiger partial charge on any atom is -0.434 e. The molecule has 1 aromatic carbocycles. The molecule has 4 nitrogen and oxygen atoms in total. The fourth-order valence-corrected chi connectivity index (χ4v) is 2.62. The molecule has 1 saturated heterocycles. The second-order valence-corrected chi connectivity index (χ2v) is 4.94. The van der Waals surface area contributed by atoms with Gasteiger partial charge in [0.25, 0.3) is 5.91 Å². The Balaban J connectivity index is 2.25. The van der Waals surface area contributed by atoms with Gasteiger partial charge in [0.05, 0.1) is 5.56 Å². The second-order valence-electron chi connectivity index (χ2n) is 4.94. The van der Waals surface area contributed by atoms with Crippen molar-refractivity contribution in [3.8, 4) is 5.75 Å². The Hall–Kier alpha value is -1.69. The van der Waals surface area contributed by atoms with Gasteiger partial charge >= 0.3 is 6.61 Å². The van der Waals surface area contributed by atoms with Crippen LogP contribution in [0, 0.1) is 5.92 Å². The van der Waals surface area contributed by atoms with Gasteiger partial charge < -0.3 is 15.4 Å². The molecule has 0 saturated carbocycles. The van der Waals surface area contributed by atoms with Crippen LogP contribution in [0.3, 0.4) is 0 Å². The van der Waals surface area contributed by atoms with Gasteiger partial charge in [-0.15, -0.1) is 0 Å². The summed E-state index contributed by atoms with van der Waals surface area (Å²) in [6, 6.07) is 6.00. The lowest BCUT2D eigenvalue weighted by molar-refractivity contribution is -0.0503. The van der Waals surface area contributed by atoms with E-state index >= 15 is 0 Å². The number of hydrogen-bond donors (Lipinski definition) is 1. The molecule has 2 rings (SSSR count). The van der Waals surface area contributed by atoms with Crippen molar-refractivity contribution < 1.29 is 18.3 Å². The molecular formula is C14H18F2N2O2. The average molecular weight is 284 g/mol. The van der Waals surface area contributed by atoms with Gasteiger partial charge in [0.15, 0.2) is 0 Å². The Morgan fingerprint density at radius 2 is 2.20 bits per heavy atom. The van der Waals surface area contributed by atoms with E-state index in [2.05, 4.69) is 4.74 Å². The van der Waals surface area contributed by atoms with Crippen molar-refractivity contribution in [2.75, 3.05) is 13.1 Å². The molecule has 0 aromatic heterocycles. The Bertz CT molecular complexity index is 482. The fraction of sp³-hybridized carbons (Fsp3) is 0.500. The number of carbonyl (C=O) groups is 1. The number of alkyl halides is 2. The maximum absolute atomic E-state index is 12.5. The summed E-state index contributed by atoms with van der Waals surface area (Å²) in [5, 5.41) is 0. The van der Waals surface area contributed by atoms with Gasteiger partial charge in [-0.05, 0) is 24.5 Å². The monoisotopic (exact) mass is 284 g/mol. The average Bonchev–Trinajstić information content (AvgIpc) is 2.79. The summed E-state index contributed by atoms with van der Waals surface area (Å²) in [5.74, 6) is -0.0870. The summed E-state index contributed by atoms with van der Waals surface area (Å²) in [5.41, 5.74) is 5.86. The summed E-state index contributed by atoms with van der Waals surface area (Å²) in [7, 11) is 0. The number of nitrogens with zero attached hydrogens (tertiary/aromatic N) is 1. The van der Waals surface area contributed by atoms with E-state index in [0.29, 0.717) is 19.0 Å². The SMILES string of the molecule is CC1CCN(C(=O)c2ccccc2OC(F)F)C1CN. The van der Waals surface area contributed by atoms with Crippen molar-refractivity contribution in [3.63, 3.8) is 0 Å². The van der Waals surface area contributed by atoms with E-state index in [1.54, 1.807) is 17.0 Å². The number of hydrogen-bond acceptors (Lipinski definition) is 3. The first-order valence-electron chi connectivity index (χ1n) is 6.59. The third kappa shape index (κ3) is 2.90. The van der Waals surface area contributed by atoms with Crippen molar-refractivity contribution in [3.05, 3.63) is 29.8 Å². The van der Waals surface area contributed by atoms with Crippen LogP contribution in [0.5, 0.6) is 5.75 Å². The Kier molecular flexibility index (Phi) is 4.54. The van der Waals surface area contributed by atoms with Crippen molar-refractivity contribution in [1.82, 2.24) is 4.90 Å². The Labute approximate surface area is 116 Å². The molecular weight excluding hydrogens is 266 g/mol. The summed E-state index contributed by atoms with van der Waals surface area (Å²) >= 11 is 0. The highest BCUT2D eigenvalue weighted by Gasteiger charge is 2.34. The summed E-state index contributed by atoms with van der Waals surface area (Å²) in [6.45, 7) is 0.0360. The number of carbonyl (C=O) groups excluding carboxylic acids is 1. The van der Waals surface area contributed by atoms with Crippen LogP contribution in [0.15, 0.2) is 24.3 Å². The molecule has 6 heteroatoms. The molecule has 110 valence electrons. The van der Waals surface area contributed by atoms with Crippen molar-refractivity contribution in [1.29, 1.82) is 0 Å². The van der Waals surface area contributed by atoms with Crippen LogP contribution in [-0.4, -0.2) is 36.5 Å². The molecule has 2 unspecified atom stereocenters. The lowest BCUT2D eigenvalue weighted by Gasteiger charge is -2.26. The van der Waals surface area contributed by atoms with Crippen LogP contribution in [0.2, 0.25) is 0 Å². The van der Waals surface area contributed by atoms with Crippen molar-refractivity contribution in [2.24, 2.45) is 11.7 Å². The molecule has 1 heterocycles. The number of nitrogens with two attached hydrogens (primary N) is 1. The minimum absolute atomic E-state index is 0.0536. The summed E-state index contributed by atoms with van der Waals surface area (Å²) < 4.78 is 29.2. The molecule has 0 bridgehead atoms. The Morgan fingerprint density at radius 3 is 2.85 bits per heavy atom. The smallest absolute Gasteiger partial charge is 0.387 e. The van der Waals surface area contributed by atoms with Crippen LogP contribution in [-0.2, 0) is 0 Å². The largest absolute Gasteiger partial charge is 0.434 e. The van der Waals surface area contributed by atoms with E-state index in [1.165, 1.54) is 12.1 Å². The van der Waals surface area contributed by atoms with E-state index in [4.69, 9.17) is 5.73 Å². The summed E-state index contributed by atoms with van der Waals surface area (Å²) in [6.07, 6.45) is 0.867. The van der Waals surface area contributed by atoms with Crippen LogP contribution in [0.4, 0.5) is 8.78 Å². The standard InChI is InChI=1S/C14H18F2N2O2/c1-9-6-7-18(11(9)8-17)13(19)10-4-2-3-5-12(10)20-14(15)16/h2-5,9,11,14H,6-8,17H2,1H3. The fourth-order valence-electron chi connectivity index (χ4n) is 2.62. The maximum atomic E-state index is 12.5.